The number of pyridine rings is 1. The quantitative estimate of drug-likeness (QED) is 0.609. The van der Waals surface area contributed by atoms with Crippen molar-refractivity contribution in [2.24, 2.45) is 0 Å². The summed E-state index contributed by atoms with van der Waals surface area (Å²) < 4.78 is 16.7. The molecule has 1 aromatic carbocycles. The minimum atomic E-state index is -0.249. The van der Waals surface area contributed by atoms with Crippen LogP contribution in [0.4, 0.5) is 4.39 Å². The molecule has 3 rings (SSSR count). The standard InChI is InChI=1S/C13H7Br2FN2/c14-9-3-6-11-17-12(13(15)18(11)7-9)8-1-4-10(16)5-2-8/h1-7H. The summed E-state index contributed by atoms with van der Waals surface area (Å²) >= 11 is 6.95. The maximum atomic E-state index is 12.9. The normalized spacial score (nSPS) is 11.1. The van der Waals surface area contributed by atoms with Gasteiger partial charge in [-0.3, -0.25) is 4.40 Å². The van der Waals surface area contributed by atoms with Gasteiger partial charge in [0, 0.05) is 16.2 Å². The fourth-order valence-electron chi connectivity index (χ4n) is 1.78. The highest BCUT2D eigenvalue weighted by Crippen LogP contribution is 2.29. The van der Waals surface area contributed by atoms with Gasteiger partial charge in [-0.25, -0.2) is 9.37 Å². The van der Waals surface area contributed by atoms with E-state index >= 15 is 0 Å². The van der Waals surface area contributed by atoms with Gasteiger partial charge in [0.15, 0.2) is 0 Å². The number of hydrogen-bond donors (Lipinski definition) is 0. The zero-order chi connectivity index (χ0) is 12.7. The molecule has 0 bridgehead atoms. The lowest BCUT2D eigenvalue weighted by Gasteiger charge is -1.98. The predicted molar refractivity (Wildman–Crippen MR) is 76.0 cm³/mol. The fraction of sp³-hybridized carbons (Fsp3) is 0. The highest BCUT2D eigenvalue weighted by molar-refractivity contribution is 9.10. The topological polar surface area (TPSA) is 17.3 Å². The number of rotatable bonds is 1. The van der Waals surface area contributed by atoms with Crippen LogP contribution in [0.2, 0.25) is 0 Å². The largest absolute Gasteiger partial charge is 0.293 e. The lowest BCUT2D eigenvalue weighted by Crippen LogP contribution is -1.83. The SMILES string of the molecule is Fc1ccc(-c2nc3ccc(Br)cn3c2Br)cc1. The molecule has 2 heterocycles. The molecule has 2 aromatic heterocycles. The van der Waals surface area contributed by atoms with E-state index in [1.807, 2.05) is 22.7 Å². The molecule has 0 aliphatic carbocycles. The molecular formula is C13H7Br2FN2. The molecule has 18 heavy (non-hydrogen) atoms. The third-order valence-corrected chi connectivity index (χ3v) is 3.87. The van der Waals surface area contributed by atoms with Crippen LogP contribution in [0.1, 0.15) is 0 Å². The number of hydrogen-bond acceptors (Lipinski definition) is 1. The van der Waals surface area contributed by atoms with E-state index in [1.165, 1.54) is 12.1 Å². The van der Waals surface area contributed by atoms with Crippen LogP contribution in [0.15, 0.2) is 51.7 Å². The maximum Gasteiger partial charge on any atom is 0.138 e. The van der Waals surface area contributed by atoms with Gasteiger partial charge in [0.2, 0.25) is 0 Å². The second-order valence-electron chi connectivity index (χ2n) is 3.83. The van der Waals surface area contributed by atoms with E-state index < -0.39 is 0 Å². The zero-order valence-electron chi connectivity index (χ0n) is 9.07. The van der Waals surface area contributed by atoms with Crippen LogP contribution in [0.3, 0.4) is 0 Å². The minimum Gasteiger partial charge on any atom is -0.293 e. The first-order chi connectivity index (χ1) is 8.65. The van der Waals surface area contributed by atoms with Crippen molar-refractivity contribution in [3.05, 3.63) is 57.5 Å². The van der Waals surface area contributed by atoms with Crippen molar-refractivity contribution >= 4 is 37.5 Å². The molecule has 0 saturated carbocycles. The summed E-state index contributed by atoms with van der Waals surface area (Å²) in [5.41, 5.74) is 2.51. The van der Waals surface area contributed by atoms with Crippen LogP contribution in [-0.2, 0) is 0 Å². The second kappa shape index (κ2) is 4.48. The third-order valence-electron chi connectivity index (χ3n) is 2.64. The summed E-state index contributed by atoms with van der Waals surface area (Å²) in [5, 5.41) is 0. The van der Waals surface area contributed by atoms with E-state index in [1.54, 1.807) is 12.1 Å². The van der Waals surface area contributed by atoms with E-state index in [0.717, 1.165) is 26.0 Å². The van der Waals surface area contributed by atoms with Crippen molar-refractivity contribution in [1.29, 1.82) is 0 Å². The molecule has 0 unspecified atom stereocenters. The number of halogens is 3. The second-order valence-corrected chi connectivity index (χ2v) is 5.50. The van der Waals surface area contributed by atoms with Crippen molar-refractivity contribution in [3.8, 4) is 11.3 Å². The van der Waals surface area contributed by atoms with Crippen LogP contribution >= 0.6 is 31.9 Å². The van der Waals surface area contributed by atoms with Crippen LogP contribution in [0.5, 0.6) is 0 Å². The summed E-state index contributed by atoms with van der Waals surface area (Å²) in [5.74, 6) is -0.249. The number of aromatic nitrogens is 2. The van der Waals surface area contributed by atoms with Gasteiger partial charge in [0.05, 0.1) is 0 Å². The number of imidazole rings is 1. The van der Waals surface area contributed by atoms with E-state index in [0.29, 0.717) is 0 Å². The Balaban J connectivity index is 2.23. The molecule has 0 spiro atoms. The molecule has 3 aromatic rings. The molecule has 90 valence electrons. The van der Waals surface area contributed by atoms with Gasteiger partial charge in [-0.15, -0.1) is 0 Å². The Morgan fingerprint density at radius 1 is 1.00 bits per heavy atom. The monoisotopic (exact) mass is 368 g/mol. The molecule has 5 heteroatoms. The first-order valence-electron chi connectivity index (χ1n) is 5.24. The first-order valence-corrected chi connectivity index (χ1v) is 6.83. The van der Waals surface area contributed by atoms with Crippen LogP contribution in [0.25, 0.3) is 16.9 Å². The van der Waals surface area contributed by atoms with Gasteiger partial charge in [-0.1, -0.05) is 0 Å². The fourth-order valence-corrected chi connectivity index (χ4v) is 2.72. The van der Waals surface area contributed by atoms with Gasteiger partial charge < -0.3 is 0 Å². The molecule has 0 aliphatic heterocycles. The average Bonchev–Trinajstić information content (AvgIpc) is 2.68. The molecule has 0 radical (unpaired) electrons. The smallest absolute Gasteiger partial charge is 0.138 e. The Hall–Kier alpha value is -1.20. The summed E-state index contributed by atoms with van der Waals surface area (Å²) in [4.78, 5) is 4.53. The number of fused-ring (bicyclic) bond motifs is 1. The van der Waals surface area contributed by atoms with Crippen molar-refractivity contribution in [2.75, 3.05) is 0 Å². The molecule has 0 amide bonds. The van der Waals surface area contributed by atoms with Gasteiger partial charge in [-0.2, -0.15) is 0 Å². The predicted octanol–water partition coefficient (Wildman–Crippen LogP) is 4.67. The lowest BCUT2D eigenvalue weighted by molar-refractivity contribution is 0.628. The van der Waals surface area contributed by atoms with Gasteiger partial charge in [0.25, 0.3) is 0 Å². The van der Waals surface area contributed by atoms with Crippen LogP contribution in [0, 0.1) is 5.82 Å². The Kier molecular flexibility index (Phi) is 2.95. The van der Waals surface area contributed by atoms with Crippen LogP contribution < -0.4 is 0 Å². The van der Waals surface area contributed by atoms with E-state index in [2.05, 4.69) is 36.8 Å². The molecule has 0 atom stereocenters. The van der Waals surface area contributed by atoms with Crippen LogP contribution in [-0.4, -0.2) is 9.38 Å². The average molecular weight is 370 g/mol. The number of nitrogens with zero attached hydrogens (tertiary/aromatic N) is 2. The highest BCUT2D eigenvalue weighted by Gasteiger charge is 2.11. The molecule has 0 saturated heterocycles. The molecular weight excluding hydrogens is 363 g/mol. The molecule has 2 nitrogen and oxygen atoms in total. The Morgan fingerprint density at radius 3 is 2.44 bits per heavy atom. The van der Waals surface area contributed by atoms with Gasteiger partial charge in [0.1, 0.15) is 21.8 Å². The van der Waals surface area contributed by atoms with Crippen molar-refractivity contribution < 1.29 is 4.39 Å². The molecule has 0 fully saturated rings. The van der Waals surface area contributed by atoms with E-state index in [4.69, 9.17) is 0 Å². The van der Waals surface area contributed by atoms with E-state index in [-0.39, 0.29) is 5.82 Å². The molecule has 0 N–H and O–H groups in total. The highest BCUT2D eigenvalue weighted by atomic mass is 79.9. The summed E-state index contributed by atoms with van der Waals surface area (Å²) in [6.07, 6.45) is 1.93. The molecule has 0 aliphatic rings. The maximum absolute atomic E-state index is 12.9. The summed E-state index contributed by atoms with van der Waals surface area (Å²) in [6, 6.07) is 10.2. The summed E-state index contributed by atoms with van der Waals surface area (Å²) in [7, 11) is 0. The Bertz CT molecular complexity index is 720. The Morgan fingerprint density at radius 2 is 1.72 bits per heavy atom. The zero-order valence-corrected chi connectivity index (χ0v) is 12.2. The van der Waals surface area contributed by atoms with Crippen molar-refractivity contribution in [2.45, 2.75) is 0 Å². The summed E-state index contributed by atoms with van der Waals surface area (Å²) in [6.45, 7) is 0. The van der Waals surface area contributed by atoms with E-state index in [9.17, 15) is 4.39 Å². The van der Waals surface area contributed by atoms with Gasteiger partial charge >= 0.3 is 0 Å². The van der Waals surface area contributed by atoms with Crippen molar-refractivity contribution in [1.82, 2.24) is 9.38 Å². The van der Waals surface area contributed by atoms with Gasteiger partial charge in [-0.05, 0) is 68.3 Å². The Labute approximate surface area is 120 Å². The lowest BCUT2D eigenvalue weighted by atomic mass is 10.2. The minimum absolute atomic E-state index is 0.249. The van der Waals surface area contributed by atoms with Crippen molar-refractivity contribution in [3.63, 3.8) is 0 Å². The first kappa shape index (κ1) is 11.9. The number of benzene rings is 1. The third kappa shape index (κ3) is 1.97.